The lowest BCUT2D eigenvalue weighted by atomic mass is 10.1. The number of unbranched alkanes of at least 4 members (excludes halogenated alkanes) is 1. The molecule has 0 rings (SSSR count). The maximum Gasteiger partial charge on any atom is 0.320 e. The van der Waals surface area contributed by atoms with Gasteiger partial charge in [-0.25, -0.2) is 0 Å². The smallest absolute Gasteiger partial charge is 0.320 e. The third kappa shape index (κ3) is 5.75. The Bertz CT molecular complexity index is 199. The molecule has 0 aliphatic heterocycles. The Hall–Kier alpha value is -0.220. The van der Waals surface area contributed by atoms with Crippen molar-refractivity contribution in [1.82, 2.24) is 4.90 Å². The molecule has 0 aromatic rings. The standard InChI is InChI=1S/C12H25NO2S/c1-5-6-7-11(12(14)15)13(3)10(2)8-9-16-4/h10-11H,5-9H2,1-4H3,(H,14,15). The highest BCUT2D eigenvalue weighted by Gasteiger charge is 2.25. The van der Waals surface area contributed by atoms with Gasteiger partial charge in [-0.2, -0.15) is 11.8 Å². The molecule has 1 N–H and O–H groups in total. The average molecular weight is 247 g/mol. The Kier molecular flexibility index (Phi) is 8.76. The fourth-order valence-electron chi connectivity index (χ4n) is 1.70. The Balaban J connectivity index is 4.23. The summed E-state index contributed by atoms with van der Waals surface area (Å²) in [5.41, 5.74) is 0. The molecule has 2 atom stereocenters. The summed E-state index contributed by atoms with van der Waals surface area (Å²) in [6.07, 6.45) is 5.92. The van der Waals surface area contributed by atoms with Gasteiger partial charge in [0.15, 0.2) is 0 Å². The van der Waals surface area contributed by atoms with Crippen molar-refractivity contribution in [2.75, 3.05) is 19.1 Å². The van der Waals surface area contributed by atoms with E-state index in [4.69, 9.17) is 0 Å². The summed E-state index contributed by atoms with van der Waals surface area (Å²) in [4.78, 5) is 13.2. The molecule has 0 radical (unpaired) electrons. The maximum atomic E-state index is 11.2. The Morgan fingerprint density at radius 2 is 2.06 bits per heavy atom. The lowest BCUT2D eigenvalue weighted by Crippen LogP contribution is -2.43. The number of carbonyl (C=O) groups is 1. The predicted molar refractivity (Wildman–Crippen MR) is 71.2 cm³/mol. The highest BCUT2D eigenvalue weighted by atomic mass is 32.2. The van der Waals surface area contributed by atoms with Crippen LogP contribution in [0.25, 0.3) is 0 Å². The van der Waals surface area contributed by atoms with Gasteiger partial charge in [0.05, 0.1) is 0 Å². The fourth-order valence-corrected chi connectivity index (χ4v) is 2.27. The van der Waals surface area contributed by atoms with Gasteiger partial charge in [-0.15, -0.1) is 0 Å². The molecular weight excluding hydrogens is 222 g/mol. The monoisotopic (exact) mass is 247 g/mol. The van der Waals surface area contributed by atoms with Crippen LogP contribution in [0.3, 0.4) is 0 Å². The van der Waals surface area contributed by atoms with Crippen molar-refractivity contribution in [1.29, 1.82) is 0 Å². The van der Waals surface area contributed by atoms with Crippen LogP contribution in [0.1, 0.15) is 39.5 Å². The van der Waals surface area contributed by atoms with Crippen molar-refractivity contribution in [2.24, 2.45) is 0 Å². The lowest BCUT2D eigenvalue weighted by Gasteiger charge is -2.30. The number of hydrogen-bond acceptors (Lipinski definition) is 3. The first-order chi connectivity index (χ1) is 7.54. The fraction of sp³-hybridized carbons (Fsp3) is 0.917. The lowest BCUT2D eigenvalue weighted by molar-refractivity contribution is -0.143. The van der Waals surface area contributed by atoms with Crippen LogP contribution in [0.5, 0.6) is 0 Å². The van der Waals surface area contributed by atoms with E-state index in [9.17, 15) is 9.90 Å². The van der Waals surface area contributed by atoms with Gasteiger partial charge in [-0.3, -0.25) is 9.69 Å². The van der Waals surface area contributed by atoms with Gasteiger partial charge in [-0.1, -0.05) is 19.8 Å². The number of thioether (sulfide) groups is 1. The molecule has 2 unspecified atom stereocenters. The molecule has 0 heterocycles. The minimum absolute atomic E-state index is 0.322. The molecule has 4 heteroatoms. The van der Waals surface area contributed by atoms with Gasteiger partial charge in [0.2, 0.25) is 0 Å². The maximum absolute atomic E-state index is 11.2. The Labute approximate surface area is 104 Å². The van der Waals surface area contributed by atoms with Crippen LogP contribution >= 0.6 is 11.8 Å². The molecule has 96 valence electrons. The zero-order valence-electron chi connectivity index (χ0n) is 10.9. The van der Waals surface area contributed by atoms with Gasteiger partial charge in [0, 0.05) is 6.04 Å². The first-order valence-electron chi connectivity index (χ1n) is 5.98. The van der Waals surface area contributed by atoms with Gasteiger partial charge in [0.25, 0.3) is 0 Å². The molecule has 3 nitrogen and oxygen atoms in total. The number of hydrogen-bond donors (Lipinski definition) is 1. The predicted octanol–water partition coefficient (Wildman–Crippen LogP) is 2.70. The molecule has 0 aliphatic carbocycles. The highest BCUT2D eigenvalue weighted by molar-refractivity contribution is 7.98. The number of aliphatic carboxylic acids is 1. The highest BCUT2D eigenvalue weighted by Crippen LogP contribution is 2.14. The zero-order valence-corrected chi connectivity index (χ0v) is 11.7. The summed E-state index contributed by atoms with van der Waals surface area (Å²) in [5.74, 6) is 0.401. The van der Waals surface area contributed by atoms with Crippen molar-refractivity contribution < 1.29 is 9.90 Å². The molecule has 0 aliphatic rings. The third-order valence-corrected chi connectivity index (χ3v) is 3.69. The van der Waals surface area contributed by atoms with Crippen molar-refractivity contribution in [3.63, 3.8) is 0 Å². The number of carboxylic acid groups (broad SMARTS) is 1. The van der Waals surface area contributed by atoms with Crippen molar-refractivity contribution in [3.8, 4) is 0 Å². The van der Waals surface area contributed by atoms with Crippen LogP contribution in [0.2, 0.25) is 0 Å². The summed E-state index contributed by atoms with van der Waals surface area (Å²) in [7, 11) is 1.93. The summed E-state index contributed by atoms with van der Waals surface area (Å²) in [5, 5.41) is 9.20. The number of carboxylic acids is 1. The van der Waals surface area contributed by atoms with E-state index in [1.165, 1.54) is 0 Å². The molecule has 0 saturated heterocycles. The number of nitrogens with zero attached hydrogens (tertiary/aromatic N) is 1. The first kappa shape index (κ1) is 15.8. The van der Waals surface area contributed by atoms with Gasteiger partial charge in [0.1, 0.15) is 6.04 Å². The third-order valence-electron chi connectivity index (χ3n) is 3.04. The molecule has 16 heavy (non-hydrogen) atoms. The van der Waals surface area contributed by atoms with Crippen LogP contribution in [0, 0.1) is 0 Å². The number of rotatable bonds is 9. The summed E-state index contributed by atoms with van der Waals surface area (Å²) in [6, 6.07) is 0.0159. The van der Waals surface area contributed by atoms with Crippen molar-refractivity contribution in [3.05, 3.63) is 0 Å². The minimum Gasteiger partial charge on any atom is -0.480 e. The largest absolute Gasteiger partial charge is 0.480 e. The molecule has 0 bridgehead atoms. The van der Waals surface area contributed by atoms with Crippen LogP contribution in [-0.2, 0) is 4.79 Å². The van der Waals surface area contributed by atoms with E-state index >= 15 is 0 Å². The summed E-state index contributed by atoms with van der Waals surface area (Å²) < 4.78 is 0. The van der Waals surface area contributed by atoms with Gasteiger partial charge < -0.3 is 5.11 Å². The second-order valence-electron chi connectivity index (χ2n) is 4.29. The topological polar surface area (TPSA) is 40.5 Å². The van der Waals surface area contributed by atoms with E-state index in [2.05, 4.69) is 20.1 Å². The molecule has 0 amide bonds. The van der Waals surface area contributed by atoms with Crippen LogP contribution in [0.4, 0.5) is 0 Å². The minimum atomic E-state index is -0.688. The molecule has 0 fully saturated rings. The molecular formula is C12H25NO2S. The van der Waals surface area contributed by atoms with Gasteiger partial charge in [-0.05, 0) is 38.8 Å². The SMILES string of the molecule is CCCCC(C(=O)O)N(C)C(C)CCSC. The zero-order chi connectivity index (χ0) is 12.6. The quantitative estimate of drug-likeness (QED) is 0.680. The van der Waals surface area contributed by atoms with E-state index in [0.717, 1.165) is 31.4 Å². The van der Waals surface area contributed by atoms with Crippen LogP contribution in [-0.4, -0.2) is 47.1 Å². The second-order valence-corrected chi connectivity index (χ2v) is 5.28. The normalized spacial score (nSPS) is 15.1. The van der Waals surface area contributed by atoms with E-state index in [1.54, 1.807) is 0 Å². The Morgan fingerprint density at radius 3 is 2.50 bits per heavy atom. The Morgan fingerprint density at radius 1 is 1.44 bits per heavy atom. The van der Waals surface area contributed by atoms with Crippen LogP contribution in [0.15, 0.2) is 0 Å². The van der Waals surface area contributed by atoms with E-state index < -0.39 is 5.97 Å². The van der Waals surface area contributed by atoms with E-state index in [-0.39, 0.29) is 6.04 Å². The van der Waals surface area contributed by atoms with Crippen molar-refractivity contribution in [2.45, 2.75) is 51.6 Å². The molecule has 0 saturated carbocycles. The summed E-state index contributed by atoms with van der Waals surface area (Å²) in [6.45, 7) is 4.20. The van der Waals surface area contributed by atoms with Crippen molar-refractivity contribution >= 4 is 17.7 Å². The summed E-state index contributed by atoms with van der Waals surface area (Å²) >= 11 is 1.81. The average Bonchev–Trinajstić information content (AvgIpc) is 2.25. The molecule has 0 aromatic carbocycles. The van der Waals surface area contributed by atoms with Crippen LogP contribution < -0.4 is 0 Å². The van der Waals surface area contributed by atoms with E-state index in [1.807, 2.05) is 23.7 Å². The first-order valence-corrected chi connectivity index (χ1v) is 7.37. The van der Waals surface area contributed by atoms with Gasteiger partial charge >= 0.3 is 5.97 Å². The molecule has 0 spiro atoms. The van der Waals surface area contributed by atoms with E-state index in [0.29, 0.717) is 6.04 Å². The molecule has 0 aromatic heterocycles. The second kappa shape index (κ2) is 8.88. The number of likely N-dealkylation sites (N-methyl/N-ethyl adjacent to an activating group) is 1.